The van der Waals surface area contributed by atoms with Gasteiger partial charge >= 0.3 is 0 Å². The molecule has 1 aliphatic rings. The van der Waals surface area contributed by atoms with Crippen LogP contribution in [-0.2, 0) is 11.8 Å². The number of fused-ring (bicyclic) bond motifs is 8. The summed E-state index contributed by atoms with van der Waals surface area (Å²) in [5, 5.41) is 4.65. The van der Waals surface area contributed by atoms with E-state index >= 15 is 0 Å². The van der Waals surface area contributed by atoms with Crippen molar-refractivity contribution in [3.05, 3.63) is 144 Å². The van der Waals surface area contributed by atoms with Crippen LogP contribution in [0.5, 0.6) is 0 Å². The molecule has 2 heteroatoms. The van der Waals surface area contributed by atoms with Gasteiger partial charge in [0.15, 0.2) is 0 Å². The maximum Gasteiger partial charge on any atom is 0.143 e. The second kappa shape index (κ2) is 8.47. The zero-order chi connectivity index (χ0) is 28.0. The highest BCUT2D eigenvalue weighted by molar-refractivity contribution is 6.10. The van der Waals surface area contributed by atoms with Gasteiger partial charge in [0, 0.05) is 38.1 Å². The minimum Gasteiger partial charge on any atom is -0.455 e. The van der Waals surface area contributed by atoms with Crippen LogP contribution in [0.25, 0.3) is 66.1 Å². The van der Waals surface area contributed by atoms with Crippen LogP contribution in [0.3, 0.4) is 0 Å². The third kappa shape index (κ3) is 3.27. The van der Waals surface area contributed by atoms with Gasteiger partial charge in [-0.25, -0.2) is 0 Å². The van der Waals surface area contributed by atoms with Crippen LogP contribution in [0.15, 0.2) is 130 Å². The first-order valence-electron chi connectivity index (χ1n) is 14.6. The van der Waals surface area contributed by atoms with Crippen LogP contribution in [0, 0.1) is 0 Å². The molecular formula is C40H28O2. The minimum absolute atomic E-state index is 0.168. The van der Waals surface area contributed by atoms with Gasteiger partial charge in [0.25, 0.3) is 0 Å². The Morgan fingerprint density at radius 2 is 0.929 bits per heavy atom. The minimum atomic E-state index is -0.168. The topological polar surface area (TPSA) is 26.3 Å². The van der Waals surface area contributed by atoms with Gasteiger partial charge in [-0.15, -0.1) is 0 Å². The zero-order valence-corrected chi connectivity index (χ0v) is 23.6. The SMILES string of the molecule is CC1(C)c2cc(-c3cccc4c3oc3ccccc34)ccc2Cc2ccc(-c3cccc4c3oc3ccccc34)cc21. The highest BCUT2D eigenvalue weighted by Crippen LogP contribution is 2.46. The Morgan fingerprint density at radius 3 is 1.43 bits per heavy atom. The van der Waals surface area contributed by atoms with Gasteiger partial charge < -0.3 is 8.83 Å². The molecular weight excluding hydrogens is 512 g/mol. The number of para-hydroxylation sites is 4. The highest BCUT2D eigenvalue weighted by Gasteiger charge is 2.33. The van der Waals surface area contributed by atoms with Crippen molar-refractivity contribution in [2.24, 2.45) is 0 Å². The Morgan fingerprint density at radius 1 is 0.476 bits per heavy atom. The van der Waals surface area contributed by atoms with E-state index in [2.05, 4.69) is 123 Å². The fraction of sp³-hybridized carbons (Fsp3) is 0.100. The maximum absolute atomic E-state index is 6.40. The van der Waals surface area contributed by atoms with E-state index in [1.807, 2.05) is 12.1 Å². The van der Waals surface area contributed by atoms with Crippen molar-refractivity contribution in [2.45, 2.75) is 25.7 Å². The molecule has 2 heterocycles. The van der Waals surface area contributed by atoms with E-state index in [1.54, 1.807) is 0 Å². The quantitative estimate of drug-likeness (QED) is 0.218. The van der Waals surface area contributed by atoms with Crippen molar-refractivity contribution in [3.63, 3.8) is 0 Å². The van der Waals surface area contributed by atoms with Crippen LogP contribution in [0.1, 0.15) is 36.1 Å². The van der Waals surface area contributed by atoms with Gasteiger partial charge in [0.2, 0.25) is 0 Å². The second-order valence-electron chi connectivity index (χ2n) is 12.1. The molecule has 0 fully saturated rings. The molecule has 0 bridgehead atoms. The molecule has 0 spiro atoms. The molecule has 0 saturated carbocycles. The molecule has 0 aliphatic heterocycles. The van der Waals surface area contributed by atoms with E-state index < -0.39 is 0 Å². The van der Waals surface area contributed by atoms with E-state index in [4.69, 9.17) is 8.83 Å². The Hall–Kier alpha value is -5.08. The van der Waals surface area contributed by atoms with E-state index in [-0.39, 0.29) is 5.41 Å². The fourth-order valence-electron chi connectivity index (χ4n) is 7.26. The van der Waals surface area contributed by atoms with Gasteiger partial charge in [-0.2, -0.15) is 0 Å². The van der Waals surface area contributed by atoms with Crippen molar-refractivity contribution >= 4 is 43.9 Å². The standard InChI is InChI=1S/C40H28O2/c1-40(2)34-22-24(28-11-7-13-32-30-9-3-5-15-36(30)41-38(28)32)17-19-26(34)21-27-20-18-25(23-35(27)40)29-12-8-14-33-31-10-4-6-16-37(31)42-39(29)33/h3-20,22-23H,21H2,1-2H3. The first-order valence-corrected chi connectivity index (χ1v) is 14.6. The molecule has 9 rings (SSSR count). The molecule has 0 radical (unpaired) electrons. The average Bonchev–Trinajstić information content (AvgIpc) is 3.60. The van der Waals surface area contributed by atoms with E-state index in [0.717, 1.165) is 61.4 Å². The van der Waals surface area contributed by atoms with Crippen LogP contribution >= 0.6 is 0 Å². The lowest BCUT2D eigenvalue weighted by atomic mass is 9.68. The smallest absolute Gasteiger partial charge is 0.143 e. The van der Waals surface area contributed by atoms with Gasteiger partial charge in [0.05, 0.1) is 0 Å². The molecule has 200 valence electrons. The first-order chi connectivity index (χ1) is 20.6. The molecule has 0 saturated heterocycles. The summed E-state index contributed by atoms with van der Waals surface area (Å²) in [4.78, 5) is 0. The molecule has 0 N–H and O–H groups in total. The van der Waals surface area contributed by atoms with Crippen LogP contribution in [0.2, 0.25) is 0 Å². The summed E-state index contributed by atoms with van der Waals surface area (Å²) in [7, 11) is 0. The molecule has 2 aromatic heterocycles. The van der Waals surface area contributed by atoms with E-state index in [0.29, 0.717) is 0 Å². The monoisotopic (exact) mass is 540 g/mol. The van der Waals surface area contributed by atoms with Gasteiger partial charge in [0.1, 0.15) is 22.3 Å². The summed E-state index contributed by atoms with van der Waals surface area (Å²) in [5.74, 6) is 0. The van der Waals surface area contributed by atoms with Gasteiger partial charge in [-0.3, -0.25) is 0 Å². The normalized spacial score (nSPS) is 14.0. The molecule has 2 nitrogen and oxygen atoms in total. The van der Waals surface area contributed by atoms with Gasteiger partial charge in [-0.05, 0) is 64.1 Å². The summed E-state index contributed by atoms with van der Waals surface area (Å²) in [6.45, 7) is 4.72. The average molecular weight is 541 g/mol. The van der Waals surface area contributed by atoms with Crippen molar-refractivity contribution < 1.29 is 8.83 Å². The summed E-state index contributed by atoms with van der Waals surface area (Å²) in [6, 6.07) is 43.5. The third-order valence-corrected chi connectivity index (χ3v) is 9.38. The Bertz CT molecular complexity index is 2200. The molecule has 0 unspecified atom stereocenters. The number of benzene rings is 6. The van der Waals surface area contributed by atoms with E-state index in [1.165, 1.54) is 33.4 Å². The fourth-order valence-corrected chi connectivity index (χ4v) is 7.26. The summed E-state index contributed by atoms with van der Waals surface area (Å²) >= 11 is 0. The number of hydrogen-bond donors (Lipinski definition) is 0. The molecule has 1 aliphatic carbocycles. The maximum atomic E-state index is 6.40. The Labute approximate surface area is 243 Å². The number of furan rings is 2. The molecule has 0 atom stereocenters. The lowest BCUT2D eigenvalue weighted by Gasteiger charge is -2.36. The van der Waals surface area contributed by atoms with Crippen molar-refractivity contribution in [1.82, 2.24) is 0 Å². The van der Waals surface area contributed by atoms with Crippen LogP contribution in [-0.4, -0.2) is 0 Å². The summed E-state index contributed by atoms with van der Waals surface area (Å²) in [5.41, 5.74) is 13.8. The largest absolute Gasteiger partial charge is 0.455 e. The summed E-state index contributed by atoms with van der Waals surface area (Å²) in [6.07, 6.45) is 0.929. The predicted octanol–water partition coefficient (Wildman–Crippen LogP) is 11.0. The lowest BCUT2D eigenvalue weighted by molar-refractivity contribution is 0.611. The lowest BCUT2D eigenvalue weighted by Crippen LogP contribution is -2.27. The van der Waals surface area contributed by atoms with E-state index in [9.17, 15) is 0 Å². The van der Waals surface area contributed by atoms with Crippen molar-refractivity contribution in [3.8, 4) is 22.3 Å². The predicted molar refractivity (Wildman–Crippen MR) is 173 cm³/mol. The van der Waals surface area contributed by atoms with Crippen molar-refractivity contribution in [2.75, 3.05) is 0 Å². The highest BCUT2D eigenvalue weighted by atomic mass is 16.3. The van der Waals surface area contributed by atoms with Crippen molar-refractivity contribution in [1.29, 1.82) is 0 Å². The molecule has 6 aromatic carbocycles. The number of rotatable bonds is 2. The van der Waals surface area contributed by atoms with Crippen LogP contribution < -0.4 is 0 Å². The Balaban J connectivity index is 1.19. The Kier molecular flexibility index (Phi) is 4.76. The summed E-state index contributed by atoms with van der Waals surface area (Å²) < 4.78 is 12.8. The molecule has 0 amide bonds. The zero-order valence-electron chi connectivity index (χ0n) is 23.6. The van der Waals surface area contributed by atoms with Crippen LogP contribution in [0.4, 0.5) is 0 Å². The first kappa shape index (κ1) is 23.6. The second-order valence-corrected chi connectivity index (χ2v) is 12.1. The van der Waals surface area contributed by atoms with Gasteiger partial charge in [-0.1, -0.05) is 111 Å². The molecule has 8 aromatic rings. The number of hydrogen-bond acceptors (Lipinski definition) is 2. The molecule has 42 heavy (non-hydrogen) atoms. The third-order valence-electron chi connectivity index (χ3n) is 9.38.